The van der Waals surface area contributed by atoms with Crippen molar-refractivity contribution >= 4 is 23.1 Å². The van der Waals surface area contributed by atoms with Gasteiger partial charge < -0.3 is 16.4 Å². The molecule has 3 aromatic heterocycles. The number of hydrogen-bond acceptors (Lipinski definition) is 6. The molecule has 0 aliphatic carbocycles. The summed E-state index contributed by atoms with van der Waals surface area (Å²) in [6.45, 7) is 1.80. The van der Waals surface area contributed by atoms with Crippen LogP contribution in [0.15, 0.2) is 55.0 Å². The molecule has 4 N–H and O–H groups in total. The molecule has 1 saturated heterocycles. The molecule has 1 fully saturated rings. The number of carbonyl (C=O) groups excluding carboxylic acids is 1. The number of anilines is 2. The number of hydrogen-bond donors (Lipinski definition) is 3. The molecule has 4 heterocycles. The first-order valence-corrected chi connectivity index (χ1v) is 11.1. The summed E-state index contributed by atoms with van der Waals surface area (Å²) >= 11 is 0. The summed E-state index contributed by atoms with van der Waals surface area (Å²) in [5, 5.41) is 5.81. The third-order valence-corrected chi connectivity index (χ3v) is 6.02. The van der Waals surface area contributed by atoms with Crippen LogP contribution < -0.4 is 16.4 Å². The number of halogens is 3. The van der Waals surface area contributed by atoms with Gasteiger partial charge in [0.1, 0.15) is 28.7 Å². The minimum Gasteiger partial charge on any atom is -0.382 e. The first-order valence-electron chi connectivity index (χ1n) is 11.1. The predicted octanol–water partition coefficient (Wildman–Crippen LogP) is 4.11. The van der Waals surface area contributed by atoms with E-state index in [4.69, 9.17) is 10.7 Å². The number of amides is 1. The standard InChI is InChI=1S/C24H22F3N7O/c25-24(26,27)17-7-9-30-18(12-17)32-23(35)15-5-3-14(4-6-15)19-20-21(28)31-10-11-34(20)22(33-19)16-2-1-8-29-13-16/h3-7,9-12,16,29H,1-2,8,13H2,(H2,28,31)(H,30,32,35)/t16-/m1/s1. The van der Waals surface area contributed by atoms with E-state index in [-0.39, 0.29) is 17.3 Å². The summed E-state index contributed by atoms with van der Waals surface area (Å²) in [5.74, 6) is 0.722. The average Bonchev–Trinajstić information content (AvgIpc) is 3.25. The third kappa shape index (κ3) is 4.54. The molecule has 4 aromatic rings. The number of nitrogens with two attached hydrogens (primary N) is 1. The summed E-state index contributed by atoms with van der Waals surface area (Å²) in [7, 11) is 0. The van der Waals surface area contributed by atoms with E-state index in [2.05, 4.69) is 20.6 Å². The van der Waals surface area contributed by atoms with Crippen LogP contribution in [0.5, 0.6) is 0 Å². The first kappa shape index (κ1) is 22.8. The molecule has 35 heavy (non-hydrogen) atoms. The lowest BCUT2D eigenvalue weighted by molar-refractivity contribution is -0.137. The zero-order valence-corrected chi connectivity index (χ0v) is 18.5. The summed E-state index contributed by atoms with van der Waals surface area (Å²) in [6, 6.07) is 8.26. The van der Waals surface area contributed by atoms with Crippen molar-refractivity contribution < 1.29 is 18.0 Å². The molecule has 0 radical (unpaired) electrons. The number of imidazole rings is 1. The van der Waals surface area contributed by atoms with Gasteiger partial charge in [-0.1, -0.05) is 12.1 Å². The van der Waals surface area contributed by atoms with Crippen LogP contribution in [0, 0.1) is 0 Å². The molecule has 11 heteroatoms. The summed E-state index contributed by atoms with van der Waals surface area (Å²) in [5.41, 5.74) is 7.67. The van der Waals surface area contributed by atoms with Gasteiger partial charge in [0.25, 0.3) is 5.91 Å². The molecule has 0 spiro atoms. The van der Waals surface area contributed by atoms with Gasteiger partial charge >= 0.3 is 6.18 Å². The van der Waals surface area contributed by atoms with E-state index in [9.17, 15) is 18.0 Å². The quantitative estimate of drug-likeness (QED) is 0.405. The highest BCUT2D eigenvalue weighted by molar-refractivity contribution is 6.04. The Hall–Kier alpha value is -3.99. The van der Waals surface area contributed by atoms with Gasteiger partial charge in [0.05, 0.1) is 5.56 Å². The van der Waals surface area contributed by atoms with Crippen LogP contribution in [0.3, 0.4) is 0 Å². The normalized spacial score (nSPS) is 16.4. The Morgan fingerprint density at radius 1 is 1.14 bits per heavy atom. The zero-order valence-electron chi connectivity index (χ0n) is 18.5. The van der Waals surface area contributed by atoms with Crippen LogP contribution in [-0.4, -0.2) is 38.3 Å². The number of rotatable bonds is 4. The molecule has 1 amide bonds. The highest BCUT2D eigenvalue weighted by Crippen LogP contribution is 2.33. The number of fused-ring (bicyclic) bond motifs is 1. The maximum absolute atomic E-state index is 12.9. The van der Waals surface area contributed by atoms with Gasteiger partial charge in [-0.05, 0) is 43.7 Å². The van der Waals surface area contributed by atoms with E-state index < -0.39 is 17.6 Å². The van der Waals surface area contributed by atoms with Crippen LogP contribution in [0.1, 0.15) is 40.5 Å². The second-order valence-electron chi connectivity index (χ2n) is 8.35. The summed E-state index contributed by atoms with van der Waals surface area (Å²) in [6.07, 6.45) is 2.03. The molecule has 1 aliphatic rings. The number of nitrogen functional groups attached to an aromatic ring is 1. The van der Waals surface area contributed by atoms with Crippen molar-refractivity contribution in [3.63, 3.8) is 0 Å². The monoisotopic (exact) mass is 481 g/mol. The SMILES string of the molecule is Nc1nccn2c([C@@H]3CCCNC3)nc(-c3ccc(C(=O)Nc4cc(C(F)(F)F)ccn4)cc3)c12. The Morgan fingerprint density at radius 3 is 2.66 bits per heavy atom. The maximum Gasteiger partial charge on any atom is 0.416 e. The second-order valence-corrected chi connectivity index (χ2v) is 8.35. The first-order chi connectivity index (χ1) is 16.8. The number of carbonyl (C=O) groups is 1. The predicted molar refractivity (Wildman–Crippen MR) is 125 cm³/mol. The summed E-state index contributed by atoms with van der Waals surface area (Å²) < 4.78 is 40.8. The van der Waals surface area contributed by atoms with E-state index in [0.29, 0.717) is 17.0 Å². The fourth-order valence-corrected chi connectivity index (χ4v) is 4.29. The van der Waals surface area contributed by atoms with E-state index in [1.807, 2.05) is 10.6 Å². The molecule has 8 nitrogen and oxygen atoms in total. The van der Waals surface area contributed by atoms with Crippen molar-refractivity contribution in [3.05, 3.63) is 71.9 Å². The van der Waals surface area contributed by atoms with Crippen molar-refractivity contribution in [1.82, 2.24) is 24.7 Å². The van der Waals surface area contributed by atoms with Gasteiger partial charge in [-0.3, -0.25) is 9.20 Å². The fraction of sp³-hybridized carbons (Fsp3) is 0.250. The number of nitrogens with one attached hydrogen (secondary N) is 2. The van der Waals surface area contributed by atoms with E-state index in [0.717, 1.165) is 55.6 Å². The van der Waals surface area contributed by atoms with Crippen molar-refractivity contribution in [2.75, 3.05) is 24.1 Å². The van der Waals surface area contributed by atoms with Gasteiger partial charge in [-0.2, -0.15) is 13.2 Å². The van der Waals surface area contributed by atoms with Crippen molar-refractivity contribution in [2.45, 2.75) is 24.9 Å². The number of alkyl halides is 3. The van der Waals surface area contributed by atoms with Crippen molar-refractivity contribution in [2.24, 2.45) is 0 Å². The minimum absolute atomic E-state index is 0.182. The Bertz CT molecular complexity index is 1380. The molecule has 0 unspecified atom stereocenters. The highest BCUT2D eigenvalue weighted by atomic mass is 19.4. The van der Waals surface area contributed by atoms with Crippen molar-refractivity contribution in [3.8, 4) is 11.3 Å². The van der Waals surface area contributed by atoms with E-state index >= 15 is 0 Å². The second kappa shape index (κ2) is 8.99. The van der Waals surface area contributed by atoms with Gasteiger partial charge in [-0.15, -0.1) is 0 Å². The molecule has 180 valence electrons. The summed E-state index contributed by atoms with van der Waals surface area (Å²) in [4.78, 5) is 25.5. The number of aromatic nitrogens is 4. The average molecular weight is 481 g/mol. The lowest BCUT2D eigenvalue weighted by Gasteiger charge is -2.21. The Morgan fingerprint density at radius 2 is 1.94 bits per heavy atom. The number of benzene rings is 1. The number of piperidine rings is 1. The molecular formula is C24H22F3N7O. The van der Waals surface area contributed by atoms with Crippen LogP contribution in [0.2, 0.25) is 0 Å². The molecule has 0 saturated carbocycles. The zero-order chi connectivity index (χ0) is 24.6. The topological polar surface area (TPSA) is 110 Å². The Kier molecular flexibility index (Phi) is 5.85. The lowest BCUT2D eigenvalue weighted by atomic mass is 9.99. The number of nitrogens with zero attached hydrogens (tertiary/aromatic N) is 4. The largest absolute Gasteiger partial charge is 0.416 e. The van der Waals surface area contributed by atoms with Crippen molar-refractivity contribution in [1.29, 1.82) is 0 Å². The van der Waals surface area contributed by atoms with Gasteiger partial charge in [0.2, 0.25) is 0 Å². The molecular weight excluding hydrogens is 459 g/mol. The van der Waals surface area contributed by atoms with Crippen LogP contribution in [0.4, 0.5) is 24.8 Å². The fourth-order valence-electron chi connectivity index (χ4n) is 4.29. The van der Waals surface area contributed by atoms with Gasteiger partial charge in [0.15, 0.2) is 0 Å². The van der Waals surface area contributed by atoms with E-state index in [1.165, 1.54) is 0 Å². The van der Waals surface area contributed by atoms with Crippen LogP contribution in [0.25, 0.3) is 16.8 Å². The molecule has 1 atom stereocenters. The molecule has 5 rings (SSSR count). The van der Waals surface area contributed by atoms with Crippen LogP contribution in [-0.2, 0) is 6.18 Å². The number of pyridine rings is 1. The van der Waals surface area contributed by atoms with Gasteiger partial charge in [-0.25, -0.2) is 15.0 Å². The Balaban J connectivity index is 1.43. The lowest BCUT2D eigenvalue weighted by Crippen LogP contribution is -2.29. The molecule has 1 aromatic carbocycles. The van der Waals surface area contributed by atoms with Gasteiger partial charge in [0, 0.05) is 42.2 Å². The Labute approximate surface area is 198 Å². The van der Waals surface area contributed by atoms with Crippen LogP contribution >= 0.6 is 0 Å². The van der Waals surface area contributed by atoms with E-state index in [1.54, 1.807) is 30.5 Å². The highest BCUT2D eigenvalue weighted by Gasteiger charge is 2.31. The minimum atomic E-state index is -4.53. The smallest absolute Gasteiger partial charge is 0.382 e. The maximum atomic E-state index is 12.9. The molecule has 1 aliphatic heterocycles. The molecule has 0 bridgehead atoms. The third-order valence-electron chi connectivity index (χ3n) is 6.02.